The number of hydrogen-bond acceptors (Lipinski definition) is 5. The van der Waals surface area contributed by atoms with Crippen LogP contribution in [0.15, 0.2) is 54.9 Å². The lowest BCUT2D eigenvalue weighted by molar-refractivity contribution is -0.116. The number of anilines is 1. The van der Waals surface area contributed by atoms with Gasteiger partial charge in [-0.15, -0.1) is 0 Å². The Morgan fingerprint density at radius 3 is 2.36 bits per heavy atom. The van der Waals surface area contributed by atoms with Crippen LogP contribution >= 0.6 is 0 Å². The van der Waals surface area contributed by atoms with E-state index in [4.69, 9.17) is 0 Å². The van der Waals surface area contributed by atoms with Crippen LogP contribution in [0.5, 0.6) is 0 Å². The lowest BCUT2D eigenvalue weighted by Gasteiger charge is -2.37. The third-order valence-corrected chi connectivity index (χ3v) is 9.89. The molecular formula is C29H27F7N4O3S. The first-order chi connectivity index (χ1) is 20.7. The van der Waals surface area contributed by atoms with E-state index in [0.717, 1.165) is 34.8 Å². The first-order valence-electron chi connectivity index (χ1n) is 13.6. The Balaban J connectivity index is 1.37. The summed E-state index contributed by atoms with van der Waals surface area (Å²) < 4.78 is 122. The molecule has 3 aromatic rings. The largest absolute Gasteiger partial charge is 0.404 e. The van der Waals surface area contributed by atoms with Crippen LogP contribution in [0.25, 0.3) is 0 Å². The Morgan fingerprint density at radius 1 is 1.02 bits per heavy atom. The quantitative estimate of drug-likeness (QED) is 0.324. The molecule has 2 aromatic carbocycles. The van der Waals surface area contributed by atoms with E-state index in [9.17, 15) is 39.6 Å². The zero-order chi connectivity index (χ0) is 31.9. The molecule has 1 saturated heterocycles. The average molecular weight is 645 g/mol. The molecule has 2 heterocycles. The number of rotatable bonds is 9. The number of benzene rings is 2. The van der Waals surface area contributed by atoms with Crippen LogP contribution in [0.4, 0.5) is 36.4 Å². The molecule has 2 fully saturated rings. The first-order valence-corrected chi connectivity index (χ1v) is 15.2. The topological polar surface area (TPSA) is 91.4 Å². The van der Waals surface area contributed by atoms with Crippen LogP contribution in [0.1, 0.15) is 35.4 Å². The molecule has 15 heteroatoms. The van der Waals surface area contributed by atoms with E-state index in [1.807, 2.05) is 0 Å². The van der Waals surface area contributed by atoms with Gasteiger partial charge in [-0.3, -0.25) is 9.78 Å². The van der Waals surface area contributed by atoms with E-state index < -0.39 is 68.5 Å². The van der Waals surface area contributed by atoms with E-state index in [-0.39, 0.29) is 55.7 Å². The van der Waals surface area contributed by atoms with Gasteiger partial charge in [0, 0.05) is 43.6 Å². The Kier molecular flexibility index (Phi) is 8.75. The van der Waals surface area contributed by atoms with Gasteiger partial charge in [0.15, 0.2) is 5.75 Å². The zero-order valence-electron chi connectivity index (χ0n) is 23.0. The number of pyridine rings is 1. The molecular weight excluding hydrogens is 617 g/mol. The number of sulfonamides is 1. The van der Waals surface area contributed by atoms with Crippen molar-refractivity contribution in [1.82, 2.24) is 14.6 Å². The molecule has 3 atom stereocenters. The Bertz CT molecular complexity index is 1630. The molecule has 2 N–H and O–H groups in total. The van der Waals surface area contributed by atoms with E-state index >= 15 is 4.39 Å². The Hall–Kier alpha value is -3.56. The Labute approximate surface area is 248 Å². The van der Waals surface area contributed by atoms with Crippen molar-refractivity contribution in [2.45, 2.75) is 36.9 Å². The van der Waals surface area contributed by atoms with Crippen molar-refractivity contribution in [1.29, 1.82) is 0 Å². The second kappa shape index (κ2) is 12.1. The van der Waals surface area contributed by atoms with Crippen LogP contribution in [0.3, 0.4) is 0 Å². The highest BCUT2D eigenvalue weighted by Gasteiger charge is 2.62. The molecule has 236 valence electrons. The van der Waals surface area contributed by atoms with Gasteiger partial charge in [-0.2, -0.15) is 17.5 Å². The zero-order valence-corrected chi connectivity index (χ0v) is 23.8. The van der Waals surface area contributed by atoms with Gasteiger partial charge in [-0.25, -0.2) is 26.0 Å². The second-order valence-electron chi connectivity index (χ2n) is 11.0. The predicted octanol–water partition coefficient (Wildman–Crippen LogP) is 4.90. The van der Waals surface area contributed by atoms with Crippen molar-refractivity contribution < 1.29 is 43.9 Å². The van der Waals surface area contributed by atoms with Crippen LogP contribution in [0.2, 0.25) is 0 Å². The van der Waals surface area contributed by atoms with Crippen molar-refractivity contribution in [2.24, 2.45) is 5.92 Å². The summed E-state index contributed by atoms with van der Waals surface area (Å²) in [6, 6.07) is 7.76. The molecule has 0 unspecified atom stereocenters. The van der Waals surface area contributed by atoms with Crippen molar-refractivity contribution >= 4 is 21.6 Å². The number of piperazine rings is 1. The lowest BCUT2D eigenvalue weighted by atomic mass is 9.88. The Morgan fingerprint density at radius 2 is 1.70 bits per heavy atom. The van der Waals surface area contributed by atoms with Crippen LogP contribution in [-0.4, -0.2) is 60.7 Å². The highest BCUT2D eigenvalue weighted by molar-refractivity contribution is 7.89. The van der Waals surface area contributed by atoms with Gasteiger partial charge >= 0.3 is 6.18 Å². The molecule has 0 bridgehead atoms. The SMILES string of the molecule is O=C(C[C@@H](c1ccc(F)cc1)c1cc(F)cc(F)c1)Nc1cncc(F)c1C[C@@H]1C[C@]12CNCCN2S(=O)(=O)CC(F)(F)F. The van der Waals surface area contributed by atoms with Crippen molar-refractivity contribution in [3.05, 3.63) is 94.8 Å². The molecule has 0 radical (unpaired) electrons. The number of halogens is 7. The molecule has 1 aliphatic heterocycles. The number of nitrogens with one attached hydrogen (secondary N) is 2. The summed E-state index contributed by atoms with van der Waals surface area (Å²) in [6.45, 7) is 0.0520. The highest BCUT2D eigenvalue weighted by Crippen LogP contribution is 2.53. The fourth-order valence-electron chi connectivity index (χ4n) is 5.96. The summed E-state index contributed by atoms with van der Waals surface area (Å²) in [7, 11) is -4.71. The number of amides is 1. The van der Waals surface area contributed by atoms with Gasteiger partial charge in [-0.05, 0) is 54.2 Å². The predicted molar refractivity (Wildman–Crippen MR) is 146 cm³/mol. The van der Waals surface area contributed by atoms with E-state index in [1.165, 1.54) is 18.3 Å². The molecule has 44 heavy (non-hydrogen) atoms. The van der Waals surface area contributed by atoms with Gasteiger partial charge < -0.3 is 10.6 Å². The van der Waals surface area contributed by atoms with Gasteiger partial charge in [0.05, 0.1) is 23.6 Å². The fraction of sp³-hybridized carbons (Fsp3) is 0.379. The second-order valence-corrected chi connectivity index (χ2v) is 12.9. The van der Waals surface area contributed by atoms with Crippen LogP contribution < -0.4 is 10.6 Å². The third-order valence-electron chi connectivity index (χ3n) is 7.98. The monoisotopic (exact) mass is 644 g/mol. The molecule has 7 nitrogen and oxygen atoms in total. The summed E-state index contributed by atoms with van der Waals surface area (Å²) in [5.41, 5.74) is -0.771. The van der Waals surface area contributed by atoms with Gasteiger partial charge in [0.2, 0.25) is 15.9 Å². The number of carbonyl (C=O) groups is 1. The standard InChI is InChI=1S/C29H27F7N4O3S/c30-20-3-1-17(2-4-20)23(18-7-21(31)10-22(32)8-18)11-27(41)39-26-14-38-13-25(33)24(26)9-19-12-28(19)15-37-5-6-40(28)44(42,43)16-29(34,35)36/h1-4,7-8,10,13-14,19,23,37H,5-6,9,11-12,15-16H2,(H,39,41)/t19-,23+,28+/m1/s1. The molecule has 1 saturated carbocycles. The fourth-order valence-corrected chi connectivity index (χ4v) is 7.74. The molecule has 1 amide bonds. The maximum absolute atomic E-state index is 15.1. The lowest BCUT2D eigenvalue weighted by Crippen LogP contribution is -2.58. The summed E-state index contributed by atoms with van der Waals surface area (Å²) in [4.78, 5) is 17.0. The minimum Gasteiger partial charge on any atom is -0.324 e. The number of carbonyl (C=O) groups excluding carboxylic acids is 1. The number of nitrogens with zero attached hydrogens (tertiary/aromatic N) is 2. The van der Waals surface area contributed by atoms with Crippen LogP contribution in [-0.2, 0) is 21.2 Å². The molecule has 2 aliphatic rings. The smallest absolute Gasteiger partial charge is 0.324 e. The summed E-state index contributed by atoms with van der Waals surface area (Å²) >= 11 is 0. The number of hydrogen-bond donors (Lipinski definition) is 2. The minimum atomic E-state index is -4.94. The minimum absolute atomic E-state index is 0.0240. The van der Waals surface area contributed by atoms with Crippen molar-refractivity contribution in [3.63, 3.8) is 0 Å². The van der Waals surface area contributed by atoms with Crippen molar-refractivity contribution in [3.8, 4) is 0 Å². The summed E-state index contributed by atoms with van der Waals surface area (Å²) in [5, 5.41) is 5.56. The van der Waals surface area contributed by atoms with Crippen molar-refractivity contribution in [2.75, 3.05) is 30.7 Å². The van der Waals surface area contributed by atoms with E-state index in [0.29, 0.717) is 11.6 Å². The van der Waals surface area contributed by atoms with Gasteiger partial charge in [-0.1, -0.05) is 12.1 Å². The molecule has 1 aliphatic carbocycles. The van der Waals surface area contributed by atoms with Gasteiger partial charge in [0.1, 0.15) is 23.3 Å². The molecule has 5 rings (SSSR count). The van der Waals surface area contributed by atoms with Crippen LogP contribution in [0, 0.1) is 29.2 Å². The molecule has 1 spiro atoms. The highest BCUT2D eigenvalue weighted by atomic mass is 32.2. The summed E-state index contributed by atoms with van der Waals surface area (Å²) in [5.74, 6) is -7.33. The molecule has 1 aromatic heterocycles. The maximum atomic E-state index is 15.1. The summed E-state index contributed by atoms with van der Waals surface area (Å²) in [6.07, 6.45) is -3.19. The van der Waals surface area contributed by atoms with Gasteiger partial charge in [0.25, 0.3) is 0 Å². The van der Waals surface area contributed by atoms with E-state index in [1.54, 1.807) is 0 Å². The third kappa shape index (κ3) is 7.05. The number of aromatic nitrogens is 1. The normalized spacial score (nSPS) is 21.3. The van der Waals surface area contributed by atoms with E-state index in [2.05, 4.69) is 15.6 Å². The first kappa shape index (κ1) is 31.9. The number of alkyl halides is 3. The maximum Gasteiger partial charge on any atom is 0.404 e. The average Bonchev–Trinajstić information content (AvgIpc) is 3.59.